The summed E-state index contributed by atoms with van der Waals surface area (Å²) in [6.07, 6.45) is 3.74. The van der Waals surface area contributed by atoms with E-state index in [9.17, 15) is 4.79 Å². The van der Waals surface area contributed by atoms with Gasteiger partial charge in [-0.2, -0.15) is 5.10 Å². The van der Waals surface area contributed by atoms with Crippen molar-refractivity contribution in [3.8, 4) is 11.3 Å². The first-order chi connectivity index (χ1) is 16.1. The van der Waals surface area contributed by atoms with Crippen molar-refractivity contribution >= 4 is 40.0 Å². The summed E-state index contributed by atoms with van der Waals surface area (Å²) >= 11 is 6.01. The molecule has 1 saturated heterocycles. The average molecular weight is 460 g/mol. The molecule has 0 radical (unpaired) electrons. The van der Waals surface area contributed by atoms with Crippen molar-refractivity contribution in [3.05, 3.63) is 65.4 Å². The molecule has 8 nitrogen and oxygen atoms in total. The van der Waals surface area contributed by atoms with E-state index in [0.717, 1.165) is 35.3 Å². The van der Waals surface area contributed by atoms with Crippen LogP contribution < -0.4 is 16.4 Å². The van der Waals surface area contributed by atoms with Crippen molar-refractivity contribution in [1.29, 1.82) is 0 Å². The molecule has 3 unspecified atom stereocenters. The SMILES string of the molecule is Nc1ncnc2c1c(-c1ccc(C(=O)Nc3cccc(Cl)c3)cc1)nn2C1CC2CNC1C2. The fraction of sp³-hybridized carbons (Fsp3) is 0.250. The minimum atomic E-state index is -0.213. The summed E-state index contributed by atoms with van der Waals surface area (Å²) in [5.41, 5.74) is 9.78. The van der Waals surface area contributed by atoms with Gasteiger partial charge in [-0.1, -0.05) is 29.8 Å². The molecule has 3 heterocycles. The maximum atomic E-state index is 12.7. The third-order valence-corrected chi connectivity index (χ3v) is 6.87. The standard InChI is InChI=1S/C24H22ClN7O/c25-16-2-1-3-17(10-16)30-24(33)15-6-4-14(5-7-15)21-20-22(26)28-12-29-23(20)32(31-21)19-9-13-8-18(19)27-11-13/h1-7,10,12-13,18-19,27H,8-9,11H2,(H,30,33)(H2,26,28,29). The second-order valence-electron chi connectivity index (χ2n) is 8.71. The molecule has 2 aliphatic rings. The Bertz CT molecular complexity index is 1370. The number of halogens is 1. The molecule has 6 rings (SSSR count). The number of hydrogen-bond acceptors (Lipinski definition) is 6. The van der Waals surface area contributed by atoms with Crippen LogP contribution in [0.5, 0.6) is 0 Å². The number of piperidine rings is 1. The molecule has 2 aromatic carbocycles. The van der Waals surface area contributed by atoms with Crippen LogP contribution in [-0.2, 0) is 0 Å². The second-order valence-corrected chi connectivity index (χ2v) is 9.15. The Labute approximate surface area is 195 Å². The molecule has 1 amide bonds. The third-order valence-electron chi connectivity index (χ3n) is 6.63. The van der Waals surface area contributed by atoms with Crippen LogP contribution in [-0.4, -0.2) is 38.2 Å². The quantitative estimate of drug-likeness (QED) is 0.426. The number of hydrogen-bond donors (Lipinski definition) is 3. The van der Waals surface area contributed by atoms with Crippen LogP contribution in [0.4, 0.5) is 11.5 Å². The minimum absolute atomic E-state index is 0.213. The topological polar surface area (TPSA) is 111 Å². The molecule has 9 heteroatoms. The Morgan fingerprint density at radius 2 is 2.00 bits per heavy atom. The zero-order valence-corrected chi connectivity index (χ0v) is 18.5. The van der Waals surface area contributed by atoms with Crippen LogP contribution in [0.25, 0.3) is 22.3 Å². The van der Waals surface area contributed by atoms with E-state index in [4.69, 9.17) is 22.4 Å². The first kappa shape index (κ1) is 20.1. The van der Waals surface area contributed by atoms with E-state index in [-0.39, 0.29) is 11.9 Å². The highest BCUT2D eigenvalue weighted by Gasteiger charge is 2.42. The lowest BCUT2D eigenvalue weighted by atomic mass is 10.1. The Kier molecular flexibility index (Phi) is 4.78. The van der Waals surface area contributed by atoms with Crippen molar-refractivity contribution in [3.63, 3.8) is 0 Å². The number of anilines is 2. The summed E-state index contributed by atoms with van der Waals surface area (Å²) < 4.78 is 2.01. The second kappa shape index (κ2) is 7.83. The number of nitrogen functional groups attached to an aromatic ring is 1. The lowest BCUT2D eigenvalue weighted by molar-refractivity contribution is 0.102. The number of benzene rings is 2. The molecule has 4 aromatic rings. The Morgan fingerprint density at radius 3 is 2.73 bits per heavy atom. The first-order valence-electron chi connectivity index (χ1n) is 11.0. The van der Waals surface area contributed by atoms with Crippen molar-refractivity contribution in [2.75, 3.05) is 17.6 Å². The van der Waals surface area contributed by atoms with E-state index >= 15 is 0 Å². The first-order valence-corrected chi connectivity index (χ1v) is 11.3. The molecule has 4 N–H and O–H groups in total. The smallest absolute Gasteiger partial charge is 0.255 e. The Hall–Kier alpha value is -3.49. The number of fused-ring (bicyclic) bond motifs is 3. The molecule has 1 saturated carbocycles. The summed E-state index contributed by atoms with van der Waals surface area (Å²) in [6, 6.07) is 15.0. The summed E-state index contributed by atoms with van der Waals surface area (Å²) in [6.45, 7) is 1.07. The predicted octanol–water partition coefficient (Wildman–Crippen LogP) is 3.90. The lowest BCUT2D eigenvalue weighted by Gasteiger charge is -2.23. The fourth-order valence-corrected chi connectivity index (χ4v) is 5.26. The maximum Gasteiger partial charge on any atom is 0.255 e. The van der Waals surface area contributed by atoms with Gasteiger partial charge in [-0.3, -0.25) is 4.79 Å². The Morgan fingerprint density at radius 1 is 1.15 bits per heavy atom. The highest BCUT2D eigenvalue weighted by molar-refractivity contribution is 6.31. The molecule has 33 heavy (non-hydrogen) atoms. The third kappa shape index (κ3) is 3.51. The van der Waals surface area contributed by atoms with Crippen molar-refractivity contribution in [2.24, 2.45) is 5.92 Å². The highest BCUT2D eigenvalue weighted by atomic mass is 35.5. The molecule has 2 aromatic heterocycles. The predicted molar refractivity (Wildman–Crippen MR) is 128 cm³/mol. The molecule has 2 fully saturated rings. The Balaban J connectivity index is 1.33. The van der Waals surface area contributed by atoms with Crippen molar-refractivity contribution in [2.45, 2.75) is 24.9 Å². The number of carbonyl (C=O) groups excluding carboxylic acids is 1. The van der Waals surface area contributed by atoms with E-state index in [2.05, 4.69) is 20.6 Å². The minimum Gasteiger partial charge on any atom is -0.383 e. The van der Waals surface area contributed by atoms with Gasteiger partial charge in [0.2, 0.25) is 0 Å². The number of nitrogens with two attached hydrogens (primary N) is 1. The molecule has 3 atom stereocenters. The van der Waals surface area contributed by atoms with Gasteiger partial charge in [0.25, 0.3) is 5.91 Å². The summed E-state index contributed by atoms with van der Waals surface area (Å²) in [5.74, 6) is 0.870. The van der Waals surface area contributed by atoms with Gasteiger partial charge in [-0.25, -0.2) is 14.6 Å². The molecule has 166 valence electrons. The largest absolute Gasteiger partial charge is 0.383 e. The number of amides is 1. The van der Waals surface area contributed by atoms with Gasteiger partial charge in [-0.05, 0) is 55.6 Å². The van der Waals surface area contributed by atoms with Crippen LogP contribution in [0, 0.1) is 5.92 Å². The van der Waals surface area contributed by atoms with Gasteiger partial charge in [-0.15, -0.1) is 0 Å². The van der Waals surface area contributed by atoms with Gasteiger partial charge in [0.15, 0.2) is 5.65 Å². The molecule has 1 aliphatic heterocycles. The van der Waals surface area contributed by atoms with E-state index in [1.165, 1.54) is 12.7 Å². The normalized spacial score (nSPS) is 21.5. The van der Waals surface area contributed by atoms with E-state index in [0.29, 0.717) is 34.1 Å². The number of nitrogens with zero attached hydrogens (tertiary/aromatic N) is 4. The summed E-state index contributed by atoms with van der Waals surface area (Å²) in [5, 5.41) is 12.7. The van der Waals surface area contributed by atoms with Crippen LogP contribution >= 0.6 is 11.6 Å². The van der Waals surface area contributed by atoms with Gasteiger partial charge in [0, 0.05) is 27.9 Å². The molecule has 2 bridgehead atoms. The monoisotopic (exact) mass is 459 g/mol. The lowest BCUT2D eigenvalue weighted by Crippen LogP contribution is -2.35. The zero-order valence-electron chi connectivity index (χ0n) is 17.7. The van der Waals surface area contributed by atoms with Gasteiger partial charge >= 0.3 is 0 Å². The van der Waals surface area contributed by atoms with Crippen molar-refractivity contribution in [1.82, 2.24) is 25.1 Å². The van der Waals surface area contributed by atoms with Gasteiger partial charge < -0.3 is 16.4 Å². The van der Waals surface area contributed by atoms with E-state index < -0.39 is 0 Å². The fourth-order valence-electron chi connectivity index (χ4n) is 5.07. The zero-order chi connectivity index (χ0) is 22.5. The van der Waals surface area contributed by atoms with Gasteiger partial charge in [0.05, 0.1) is 11.4 Å². The maximum absolute atomic E-state index is 12.7. The molecular weight excluding hydrogens is 438 g/mol. The number of carbonyl (C=O) groups is 1. The van der Waals surface area contributed by atoms with Crippen LogP contribution in [0.1, 0.15) is 29.2 Å². The molecule has 1 aliphatic carbocycles. The summed E-state index contributed by atoms with van der Waals surface area (Å²) in [4.78, 5) is 21.4. The number of aromatic nitrogens is 4. The summed E-state index contributed by atoms with van der Waals surface area (Å²) in [7, 11) is 0. The average Bonchev–Trinajstić information content (AvgIpc) is 3.54. The van der Waals surface area contributed by atoms with Crippen LogP contribution in [0.15, 0.2) is 54.9 Å². The van der Waals surface area contributed by atoms with Crippen LogP contribution in [0.3, 0.4) is 0 Å². The van der Waals surface area contributed by atoms with E-state index in [1.807, 2.05) is 16.8 Å². The number of nitrogens with one attached hydrogen (secondary N) is 2. The van der Waals surface area contributed by atoms with Gasteiger partial charge in [0.1, 0.15) is 17.8 Å². The highest BCUT2D eigenvalue weighted by Crippen LogP contribution is 2.41. The van der Waals surface area contributed by atoms with E-state index in [1.54, 1.807) is 36.4 Å². The molecule has 0 spiro atoms. The number of rotatable bonds is 4. The van der Waals surface area contributed by atoms with Crippen molar-refractivity contribution < 1.29 is 4.79 Å². The molecular formula is C24H22ClN7O. The van der Waals surface area contributed by atoms with Crippen LogP contribution in [0.2, 0.25) is 5.02 Å².